The van der Waals surface area contributed by atoms with Gasteiger partial charge in [0.15, 0.2) is 0 Å². The van der Waals surface area contributed by atoms with E-state index in [2.05, 4.69) is 74.3 Å². The van der Waals surface area contributed by atoms with Crippen molar-refractivity contribution in [1.29, 1.82) is 0 Å². The van der Waals surface area contributed by atoms with Gasteiger partial charge in [0.1, 0.15) is 13.9 Å². The van der Waals surface area contributed by atoms with Crippen molar-refractivity contribution in [1.82, 2.24) is 9.47 Å². The molecule has 190 valence electrons. The van der Waals surface area contributed by atoms with Gasteiger partial charge in [0, 0.05) is 36.9 Å². The zero-order valence-electron chi connectivity index (χ0n) is 21.6. The third-order valence-electron chi connectivity index (χ3n) is 7.12. The van der Waals surface area contributed by atoms with E-state index in [1.807, 2.05) is 26.0 Å². The number of thiocarbonyl (C=S) groups is 1. The minimum Gasteiger partial charge on any atom is -0.347 e. The van der Waals surface area contributed by atoms with Gasteiger partial charge in [-0.1, -0.05) is 74.2 Å². The summed E-state index contributed by atoms with van der Waals surface area (Å²) in [6.45, 7) is 9.28. The summed E-state index contributed by atoms with van der Waals surface area (Å²) in [7, 11) is 2.07. The third-order valence-corrected chi connectivity index (χ3v) is 9.83. The summed E-state index contributed by atoms with van der Waals surface area (Å²) in [6.07, 6.45) is 3.96. The van der Waals surface area contributed by atoms with Crippen LogP contribution in [0.2, 0.25) is 0 Å². The van der Waals surface area contributed by atoms with Gasteiger partial charge in [-0.05, 0) is 54.8 Å². The normalized spacial score (nSPS) is 19.9. The molecule has 1 saturated heterocycles. The Morgan fingerprint density at radius 3 is 2.35 bits per heavy atom. The first-order chi connectivity index (χ1) is 17.7. The molecule has 0 spiro atoms. The maximum absolute atomic E-state index is 13.3. The average Bonchev–Trinajstić information content (AvgIpc) is 3.43. The zero-order valence-corrected chi connectivity index (χ0v) is 24.0. The van der Waals surface area contributed by atoms with Crippen LogP contribution in [-0.4, -0.2) is 33.3 Å². The summed E-state index contributed by atoms with van der Waals surface area (Å²) in [6, 6.07) is 17.0. The second-order valence-electron chi connectivity index (χ2n) is 9.57. The van der Waals surface area contributed by atoms with E-state index in [1.165, 1.54) is 45.5 Å². The van der Waals surface area contributed by atoms with Crippen molar-refractivity contribution < 1.29 is 4.79 Å². The highest BCUT2D eigenvalue weighted by Crippen LogP contribution is 2.48. The minimum absolute atomic E-state index is 0.0801. The SMILES string of the molecule is CCN1C(=O)C(=c2sc(=CC=C3N(C)c4ccc(-c5ccccc5)cc4C3(C)C)c(=O)n2CC)SC1=S. The molecule has 5 rings (SSSR count). The summed E-state index contributed by atoms with van der Waals surface area (Å²) in [4.78, 5) is 30.6. The van der Waals surface area contributed by atoms with Crippen molar-refractivity contribution in [3.8, 4) is 11.1 Å². The molecule has 0 N–H and O–H groups in total. The molecule has 0 unspecified atom stereocenters. The summed E-state index contributed by atoms with van der Waals surface area (Å²) >= 11 is 8.04. The lowest BCUT2D eigenvalue weighted by Gasteiger charge is -2.23. The van der Waals surface area contributed by atoms with Gasteiger partial charge >= 0.3 is 0 Å². The Morgan fingerprint density at radius 2 is 1.70 bits per heavy atom. The van der Waals surface area contributed by atoms with Gasteiger partial charge < -0.3 is 4.90 Å². The number of anilines is 1. The number of carbonyl (C=O) groups is 1. The Hall–Kier alpha value is -2.94. The maximum Gasteiger partial charge on any atom is 0.269 e. The van der Waals surface area contributed by atoms with Gasteiger partial charge in [-0.2, -0.15) is 0 Å². The van der Waals surface area contributed by atoms with Gasteiger partial charge in [-0.3, -0.25) is 19.1 Å². The van der Waals surface area contributed by atoms with Crippen LogP contribution < -0.4 is 19.7 Å². The Morgan fingerprint density at radius 1 is 0.973 bits per heavy atom. The summed E-state index contributed by atoms with van der Waals surface area (Å²) in [5.74, 6) is -0.118. The number of carbonyl (C=O) groups excluding carboxylic acids is 1. The van der Waals surface area contributed by atoms with Crippen LogP contribution >= 0.6 is 35.3 Å². The fourth-order valence-corrected chi connectivity index (χ4v) is 7.74. The van der Waals surface area contributed by atoms with E-state index in [9.17, 15) is 9.59 Å². The Bertz CT molecular complexity index is 1630. The van der Waals surface area contributed by atoms with Gasteiger partial charge in [0.2, 0.25) is 0 Å². The maximum atomic E-state index is 13.3. The summed E-state index contributed by atoms with van der Waals surface area (Å²) < 4.78 is 3.51. The standard InChI is InChI=1S/C29H29N3O2S3/c1-6-31-25(33)22(36-27(31)24-26(34)32(7-2)28(35)37-24)15-16-23-29(3,4)20-17-19(13-14-21(20)30(23)5)18-11-9-8-10-12-18/h8-17H,6-7H2,1-5H3. The van der Waals surface area contributed by atoms with Crippen LogP contribution in [0.25, 0.3) is 22.1 Å². The van der Waals surface area contributed by atoms with Crippen molar-refractivity contribution in [3.63, 3.8) is 0 Å². The number of thiazole rings is 1. The predicted molar refractivity (Wildman–Crippen MR) is 160 cm³/mol. The molecule has 1 fully saturated rings. The molecular formula is C29H29N3O2S3. The lowest BCUT2D eigenvalue weighted by atomic mass is 9.82. The highest BCUT2D eigenvalue weighted by atomic mass is 32.2. The first-order valence-corrected chi connectivity index (χ1v) is 14.4. The van der Waals surface area contributed by atoms with Crippen molar-refractivity contribution >= 4 is 62.2 Å². The molecule has 5 nitrogen and oxygen atoms in total. The van der Waals surface area contributed by atoms with E-state index in [0.29, 0.717) is 31.5 Å². The molecule has 3 heterocycles. The molecule has 0 aliphatic carbocycles. The van der Waals surface area contributed by atoms with Crippen LogP contribution in [0.3, 0.4) is 0 Å². The number of nitrogens with zero attached hydrogens (tertiary/aromatic N) is 3. The van der Waals surface area contributed by atoms with Crippen molar-refractivity contribution in [2.75, 3.05) is 18.5 Å². The monoisotopic (exact) mass is 547 g/mol. The molecule has 2 aromatic carbocycles. The van der Waals surface area contributed by atoms with Crippen LogP contribution in [0.1, 0.15) is 33.3 Å². The highest BCUT2D eigenvalue weighted by Gasteiger charge is 2.38. The van der Waals surface area contributed by atoms with Crippen LogP contribution in [0.15, 0.2) is 65.1 Å². The first-order valence-electron chi connectivity index (χ1n) is 12.3. The molecule has 2 aliphatic rings. The van der Waals surface area contributed by atoms with Gasteiger partial charge in [0.05, 0.1) is 4.53 Å². The van der Waals surface area contributed by atoms with E-state index in [1.54, 1.807) is 9.47 Å². The largest absolute Gasteiger partial charge is 0.347 e. The van der Waals surface area contributed by atoms with Gasteiger partial charge in [-0.15, -0.1) is 11.3 Å². The molecule has 3 aromatic rings. The fraction of sp³-hybridized carbons (Fsp3) is 0.276. The van der Waals surface area contributed by atoms with E-state index >= 15 is 0 Å². The van der Waals surface area contributed by atoms with Crippen molar-refractivity contribution in [2.45, 2.75) is 39.7 Å². The van der Waals surface area contributed by atoms with E-state index in [4.69, 9.17) is 12.2 Å². The quantitative estimate of drug-likeness (QED) is 0.444. The number of rotatable bonds is 4. The second kappa shape index (κ2) is 9.74. The number of fused-ring (bicyclic) bond motifs is 1. The smallest absolute Gasteiger partial charge is 0.269 e. The van der Waals surface area contributed by atoms with E-state index in [0.717, 1.165) is 5.70 Å². The average molecular weight is 548 g/mol. The third kappa shape index (κ3) is 4.21. The summed E-state index contributed by atoms with van der Waals surface area (Å²) in [5, 5.41) is 0. The Labute approximate surface area is 230 Å². The molecule has 1 amide bonds. The van der Waals surface area contributed by atoms with E-state index in [-0.39, 0.29) is 16.9 Å². The first kappa shape index (κ1) is 25.7. The molecule has 0 bridgehead atoms. The molecule has 8 heteroatoms. The molecule has 0 saturated carbocycles. The van der Waals surface area contributed by atoms with E-state index < -0.39 is 0 Å². The Balaban J connectivity index is 1.60. The predicted octanol–water partition coefficient (Wildman–Crippen LogP) is 4.68. The number of likely N-dealkylation sites (N-methyl/N-ethyl adjacent to an activating group) is 1. The topological polar surface area (TPSA) is 45.6 Å². The van der Waals surface area contributed by atoms with Crippen LogP contribution in [0.5, 0.6) is 0 Å². The lowest BCUT2D eigenvalue weighted by molar-refractivity contribution is -0.120. The number of hydrogen-bond acceptors (Lipinski definition) is 6. The molecule has 37 heavy (non-hydrogen) atoms. The fourth-order valence-electron chi connectivity index (χ4n) is 5.09. The van der Waals surface area contributed by atoms with Crippen molar-refractivity contribution in [2.24, 2.45) is 0 Å². The van der Waals surface area contributed by atoms with Crippen LogP contribution in [-0.2, 0) is 16.8 Å². The number of thioether (sulfide) groups is 1. The molecule has 1 aromatic heterocycles. The van der Waals surface area contributed by atoms with Gasteiger partial charge in [0.25, 0.3) is 11.5 Å². The Kier molecular flexibility index (Phi) is 6.77. The van der Waals surface area contributed by atoms with Crippen LogP contribution in [0.4, 0.5) is 5.69 Å². The number of aromatic nitrogens is 1. The number of amides is 1. The minimum atomic E-state index is -0.241. The van der Waals surface area contributed by atoms with Crippen molar-refractivity contribution in [3.05, 3.63) is 85.4 Å². The van der Waals surface area contributed by atoms with Crippen LogP contribution in [0, 0.1) is 0 Å². The molecular weight excluding hydrogens is 519 g/mol. The highest BCUT2D eigenvalue weighted by molar-refractivity contribution is 8.30. The molecule has 0 atom stereocenters. The van der Waals surface area contributed by atoms with Gasteiger partial charge in [-0.25, -0.2) is 0 Å². The molecule has 2 aliphatic heterocycles. The zero-order chi connectivity index (χ0) is 26.5. The number of hydrogen-bond donors (Lipinski definition) is 0. The molecule has 0 radical (unpaired) electrons. The number of benzene rings is 2. The lowest BCUT2D eigenvalue weighted by Crippen LogP contribution is -2.33. The second-order valence-corrected chi connectivity index (χ2v) is 12.2. The summed E-state index contributed by atoms with van der Waals surface area (Å²) in [5.41, 5.74) is 5.59. The number of allylic oxidation sites excluding steroid dienone is 2.